The van der Waals surface area contributed by atoms with E-state index in [4.69, 9.17) is 10.5 Å². The first-order chi connectivity index (χ1) is 9.66. The number of rotatable bonds is 5. The van der Waals surface area contributed by atoms with Gasteiger partial charge < -0.3 is 15.8 Å². The number of aryl methyl sites for hydroxylation is 1. The van der Waals surface area contributed by atoms with Gasteiger partial charge in [-0.3, -0.25) is 4.79 Å². The second-order valence-electron chi connectivity index (χ2n) is 4.36. The Balaban J connectivity index is 1.79. The molecule has 0 radical (unpaired) electrons. The zero-order chi connectivity index (χ0) is 14.4. The van der Waals surface area contributed by atoms with Crippen molar-refractivity contribution in [3.8, 4) is 5.75 Å². The summed E-state index contributed by atoms with van der Waals surface area (Å²) in [7, 11) is 0. The molecule has 0 saturated heterocycles. The summed E-state index contributed by atoms with van der Waals surface area (Å²) in [5, 5.41) is 2.72. The SMILES string of the molecule is Cc1cccc(OCCNC(=O)c2ncccc2N)c1. The first kappa shape index (κ1) is 13.9. The van der Waals surface area contributed by atoms with E-state index in [0.717, 1.165) is 11.3 Å². The summed E-state index contributed by atoms with van der Waals surface area (Å²) in [6, 6.07) is 11.1. The summed E-state index contributed by atoms with van der Waals surface area (Å²) in [6.45, 7) is 2.78. The summed E-state index contributed by atoms with van der Waals surface area (Å²) in [6.07, 6.45) is 1.54. The molecule has 0 fully saturated rings. The molecule has 3 N–H and O–H groups in total. The number of benzene rings is 1. The molecular weight excluding hydrogens is 254 g/mol. The third-order valence-electron chi connectivity index (χ3n) is 2.70. The molecule has 1 heterocycles. The van der Waals surface area contributed by atoms with Gasteiger partial charge in [-0.25, -0.2) is 4.98 Å². The molecule has 0 unspecified atom stereocenters. The van der Waals surface area contributed by atoms with E-state index < -0.39 is 0 Å². The van der Waals surface area contributed by atoms with Crippen LogP contribution < -0.4 is 15.8 Å². The van der Waals surface area contributed by atoms with Crippen molar-refractivity contribution >= 4 is 11.6 Å². The molecular formula is C15H17N3O2. The smallest absolute Gasteiger partial charge is 0.272 e. The third kappa shape index (κ3) is 3.71. The van der Waals surface area contributed by atoms with E-state index in [1.54, 1.807) is 12.1 Å². The van der Waals surface area contributed by atoms with Gasteiger partial charge in [0.1, 0.15) is 12.4 Å². The number of aromatic nitrogens is 1. The molecule has 2 aromatic rings. The Kier molecular flexibility index (Phi) is 4.55. The van der Waals surface area contributed by atoms with Crippen LogP contribution in [0.4, 0.5) is 5.69 Å². The number of nitrogens with two attached hydrogens (primary N) is 1. The zero-order valence-corrected chi connectivity index (χ0v) is 11.3. The van der Waals surface area contributed by atoms with Gasteiger partial charge in [-0.15, -0.1) is 0 Å². The lowest BCUT2D eigenvalue weighted by molar-refractivity contribution is 0.0943. The lowest BCUT2D eigenvalue weighted by atomic mass is 10.2. The standard InChI is InChI=1S/C15H17N3O2/c1-11-4-2-5-12(10-11)20-9-8-18-15(19)14-13(16)6-3-7-17-14/h2-7,10H,8-9,16H2,1H3,(H,18,19). The fraction of sp³-hybridized carbons (Fsp3) is 0.200. The number of ether oxygens (including phenoxy) is 1. The van der Waals surface area contributed by atoms with Crippen molar-refractivity contribution < 1.29 is 9.53 Å². The maximum atomic E-state index is 11.8. The van der Waals surface area contributed by atoms with Crippen LogP contribution in [0, 0.1) is 6.92 Å². The average Bonchev–Trinajstić information content (AvgIpc) is 2.44. The van der Waals surface area contributed by atoms with Crippen LogP contribution in [-0.2, 0) is 0 Å². The van der Waals surface area contributed by atoms with Crippen molar-refractivity contribution in [3.63, 3.8) is 0 Å². The maximum absolute atomic E-state index is 11.8. The van der Waals surface area contributed by atoms with Gasteiger partial charge in [0.25, 0.3) is 5.91 Å². The van der Waals surface area contributed by atoms with Gasteiger partial charge in [0.15, 0.2) is 5.69 Å². The van der Waals surface area contributed by atoms with Crippen molar-refractivity contribution in [2.45, 2.75) is 6.92 Å². The second-order valence-corrected chi connectivity index (χ2v) is 4.36. The molecule has 0 spiro atoms. The van der Waals surface area contributed by atoms with Gasteiger partial charge in [0.05, 0.1) is 12.2 Å². The topological polar surface area (TPSA) is 77.2 Å². The summed E-state index contributed by atoms with van der Waals surface area (Å²) in [5.74, 6) is 0.493. The van der Waals surface area contributed by atoms with Crippen LogP contribution in [0.5, 0.6) is 5.75 Å². The van der Waals surface area contributed by atoms with E-state index in [1.165, 1.54) is 6.20 Å². The van der Waals surface area contributed by atoms with E-state index in [1.807, 2.05) is 31.2 Å². The number of pyridine rings is 1. The molecule has 1 aromatic carbocycles. The van der Waals surface area contributed by atoms with Crippen molar-refractivity contribution in [1.82, 2.24) is 10.3 Å². The van der Waals surface area contributed by atoms with E-state index in [9.17, 15) is 4.79 Å². The van der Waals surface area contributed by atoms with Crippen molar-refractivity contribution in [2.24, 2.45) is 0 Å². The summed E-state index contributed by atoms with van der Waals surface area (Å²) >= 11 is 0. The lowest BCUT2D eigenvalue weighted by Crippen LogP contribution is -2.29. The first-order valence-electron chi connectivity index (χ1n) is 6.35. The molecule has 0 aliphatic rings. The number of nitrogens with zero attached hydrogens (tertiary/aromatic N) is 1. The van der Waals surface area contributed by atoms with Gasteiger partial charge in [0.2, 0.25) is 0 Å². The number of carbonyl (C=O) groups is 1. The molecule has 0 atom stereocenters. The summed E-state index contributed by atoms with van der Waals surface area (Å²) in [5.41, 5.74) is 7.42. The largest absolute Gasteiger partial charge is 0.492 e. The monoisotopic (exact) mass is 271 g/mol. The normalized spacial score (nSPS) is 10.1. The van der Waals surface area contributed by atoms with Gasteiger partial charge in [-0.05, 0) is 36.8 Å². The van der Waals surface area contributed by atoms with E-state index in [2.05, 4.69) is 10.3 Å². The second kappa shape index (κ2) is 6.56. The minimum Gasteiger partial charge on any atom is -0.492 e. The molecule has 5 nitrogen and oxygen atoms in total. The number of nitrogens with one attached hydrogen (secondary N) is 1. The average molecular weight is 271 g/mol. The fourth-order valence-electron chi connectivity index (χ4n) is 1.73. The molecule has 0 saturated carbocycles. The third-order valence-corrected chi connectivity index (χ3v) is 2.70. The number of carbonyl (C=O) groups excluding carboxylic acids is 1. The van der Waals surface area contributed by atoms with Crippen LogP contribution in [0.2, 0.25) is 0 Å². The number of hydrogen-bond acceptors (Lipinski definition) is 4. The first-order valence-corrected chi connectivity index (χ1v) is 6.35. The van der Waals surface area contributed by atoms with Crippen LogP contribution in [0.15, 0.2) is 42.6 Å². The molecule has 20 heavy (non-hydrogen) atoms. The highest BCUT2D eigenvalue weighted by molar-refractivity contribution is 5.96. The maximum Gasteiger partial charge on any atom is 0.272 e. The van der Waals surface area contributed by atoms with Gasteiger partial charge in [-0.2, -0.15) is 0 Å². The zero-order valence-electron chi connectivity index (χ0n) is 11.3. The Morgan fingerprint density at radius 3 is 2.95 bits per heavy atom. The molecule has 1 aromatic heterocycles. The van der Waals surface area contributed by atoms with Crippen LogP contribution >= 0.6 is 0 Å². The van der Waals surface area contributed by atoms with Gasteiger partial charge in [-0.1, -0.05) is 12.1 Å². The number of anilines is 1. The molecule has 0 aliphatic carbocycles. The molecule has 5 heteroatoms. The molecule has 2 rings (SSSR count). The van der Waals surface area contributed by atoms with E-state index in [-0.39, 0.29) is 11.6 Å². The summed E-state index contributed by atoms with van der Waals surface area (Å²) in [4.78, 5) is 15.8. The lowest BCUT2D eigenvalue weighted by Gasteiger charge is -2.08. The Morgan fingerprint density at radius 2 is 2.20 bits per heavy atom. The highest BCUT2D eigenvalue weighted by Crippen LogP contribution is 2.11. The highest BCUT2D eigenvalue weighted by Gasteiger charge is 2.09. The molecule has 104 valence electrons. The summed E-state index contributed by atoms with van der Waals surface area (Å²) < 4.78 is 5.54. The van der Waals surface area contributed by atoms with E-state index >= 15 is 0 Å². The molecule has 1 amide bonds. The number of nitrogen functional groups attached to an aromatic ring is 1. The van der Waals surface area contributed by atoms with Gasteiger partial charge >= 0.3 is 0 Å². The minimum absolute atomic E-state index is 0.239. The van der Waals surface area contributed by atoms with Crippen molar-refractivity contribution in [1.29, 1.82) is 0 Å². The van der Waals surface area contributed by atoms with Gasteiger partial charge in [0, 0.05) is 6.20 Å². The number of hydrogen-bond donors (Lipinski definition) is 2. The predicted molar refractivity (Wildman–Crippen MR) is 77.7 cm³/mol. The Morgan fingerprint density at radius 1 is 1.35 bits per heavy atom. The molecule has 0 bridgehead atoms. The fourth-order valence-corrected chi connectivity index (χ4v) is 1.73. The Labute approximate surface area is 117 Å². The Bertz CT molecular complexity index is 599. The predicted octanol–water partition coefficient (Wildman–Crippen LogP) is 1.78. The van der Waals surface area contributed by atoms with Crippen LogP contribution in [0.25, 0.3) is 0 Å². The van der Waals surface area contributed by atoms with E-state index in [0.29, 0.717) is 18.8 Å². The van der Waals surface area contributed by atoms with Crippen LogP contribution in [-0.4, -0.2) is 24.0 Å². The molecule has 0 aliphatic heterocycles. The highest BCUT2D eigenvalue weighted by atomic mass is 16.5. The number of amides is 1. The van der Waals surface area contributed by atoms with Crippen molar-refractivity contribution in [2.75, 3.05) is 18.9 Å². The van der Waals surface area contributed by atoms with Crippen LogP contribution in [0.1, 0.15) is 16.1 Å². The minimum atomic E-state index is -0.295. The van der Waals surface area contributed by atoms with Crippen LogP contribution in [0.3, 0.4) is 0 Å². The quantitative estimate of drug-likeness (QED) is 0.813. The van der Waals surface area contributed by atoms with Crippen molar-refractivity contribution in [3.05, 3.63) is 53.9 Å². The Hall–Kier alpha value is -2.56.